The quantitative estimate of drug-likeness (QED) is 0.917. The molecule has 1 fully saturated rings. The molecule has 0 aliphatic carbocycles. The molecule has 110 valence electrons. The summed E-state index contributed by atoms with van der Waals surface area (Å²) in [6.45, 7) is 3.96. The predicted molar refractivity (Wildman–Crippen MR) is 82.2 cm³/mol. The van der Waals surface area contributed by atoms with Crippen LogP contribution in [-0.4, -0.2) is 23.9 Å². The zero-order valence-electron chi connectivity index (χ0n) is 12.4. The Morgan fingerprint density at radius 2 is 2.05 bits per heavy atom. The molecule has 0 radical (unpaired) electrons. The van der Waals surface area contributed by atoms with Crippen LogP contribution in [0.1, 0.15) is 50.6 Å². The maximum atomic E-state index is 12.5. The van der Waals surface area contributed by atoms with Gasteiger partial charge in [0, 0.05) is 13.1 Å². The van der Waals surface area contributed by atoms with Crippen molar-refractivity contribution in [2.75, 3.05) is 13.1 Å². The normalized spacial score (nSPS) is 21.3. The molecule has 2 rings (SSSR count). The smallest absolute Gasteiger partial charge is 0.244 e. The molecule has 1 amide bonds. The van der Waals surface area contributed by atoms with E-state index in [0.29, 0.717) is 0 Å². The second kappa shape index (κ2) is 7.44. The van der Waals surface area contributed by atoms with Crippen LogP contribution in [0.3, 0.4) is 0 Å². The number of nitrogens with zero attached hydrogens (tertiary/aromatic N) is 1. The Bertz CT molecular complexity index is 418. The van der Waals surface area contributed by atoms with E-state index in [-0.39, 0.29) is 5.91 Å². The molecule has 0 bridgehead atoms. The Kier molecular flexibility index (Phi) is 5.60. The minimum absolute atomic E-state index is 0.0772. The van der Waals surface area contributed by atoms with Gasteiger partial charge in [0.1, 0.15) is 6.04 Å². The van der Waals surface area contributed by atoms with Gasteiger partial charge in [0.15, 0.2) is 0 Å². The van der Waals surface area contributed by atoms with Gasteiger partial charge in [-0.05, 0) is 30.7 Å². The maximum Gasteiger partial charge on any atom is 0.244 e. The van der Waals surface area contributed by atoms with E-state index in [1.807, 2.05) is 35.2 Å². The van der Waals surface area contributed by atoms with Gasteiger partial charge in [-0.15, -0.1) is 0 Å². The van der Waals surface area contributed by atoms with Crippen LogP contribution in [0.4, 0.5) is 0 Å². The number of benzene rings is 1. The van der Waals surface area contributed by atoms with E-state index in [9.17, 15) is 4.79 Å². The Morgan fingerprint density at radius 3 is 2.75 bits per heavy atom. The van der Waals surface area contributed by atoms with Crippen LogP contribution < -0.4 is 5.73 Å². The monoisotopic (exact) mass is 274 g/mol. The van der Waals surface area contributed by atoms with Crippen LogP contribution >= 0.6 is 0 Å². The number of likely N-dealkylation sites (tertiary alicyclic amines) is 1. The Morgan fingerprint density at radius 1 is 1.30 bits per heavy atom. The summed E-state index contributed by atoms with van der Waals surface area (Å²) in [5, 5.41) is 0. The molecular weight excluding hydrogens is 248 g/mol. The molecule has 3 heteroatoms. The molecule has 1 heterocycles. The third-order valence-corrected chi connectivity index (χ3v) is 4.28. The highest BCUT2D eigenvalue weighted by molar-refractivity contribution is 5.83. The Labute approximate surface area is 122 Å². The molecule has 2 N–H and O–H groups in total. The van der Waals surface area contributed by atoms with E-state index < -0.39 is 6.04 Å². The van der Waals surface area contributed by atoms with Crippen LogP contribution in [0.2, 0.25) is 0 Å². The molecule has 0 saturated carbocycles. The van der Waals surface area contributed by atoms with Crippen molar-refractivity contribution in [2.24, 2.45) is 11.7 Å². The van der Waals surface area contributed by atoms with Crippen molar-refractivity contribution in [2.45, 2.75) is 45.1 Å². The van der Waals surface area contributed by atoms with Gasteiger partial charge in [0.25, 0.3) is 0 Å². The van der Waals surface area contributed by atoms with Gasteiger partial charge < -0.3 is 10.6 Å². The van der Waals surface area contributed by atoms with Gasteiger partial charge in [-0.2, -0.15) is 0 Å². The summed E-state index contributed by atoms with van der Waals surface area (Å²) in [6.07, 6.45) is 6.01. The average molecular weight is 274 g/mol. The van der Waals surface area contributed by atoms with E-state index in [1.165, 1.54) is 19.3 Å². The standard InChI is InChI=1S/C17H26N2O/c1-2-7-14-8-6-12-19(13-11-14)17(20)16(18)15-9-4-3-5-10-15/h3-5,9-10,14,16H,2,6-8,11-13,18H2,1H3/t14?,16-/m0/s1. The van der Waals surface area contributed by atoms with E-state index >= 15 is 0 Å². The minimum Gasteiger partial charge on any atom is -0.341 e. The summed E-state index contributed by atoms with van der Waals surface area (Å²) < 4.78 is 0. The molecule has 1 unspecified atom stereocenters. The van der Waals surface area contributed by atoms with Crippen LogP contribution in [-0.2, 0) is 4.79 Å². The highest BCUT2D eigenvalue weighted by Gasteiger charge is 2.25. The summed E-state index contributed by atoms with van der Waals surface area (Å²) in [4.78, 5) is 14.5. The first-order valence-corrected chi connectivity index (χ1v) is 7.81. The summed E-state index contributed by atoms with van der Waals surface area (Å²) >= 11 is 0. The molecule has 2 atom stereocenters. The lowest BCUT2D eigenvalue weighted by Crippen LogP contribution is -2.39. The first-order valence-electron chi connectivity index (χ1n) is 7.81. The fourth-order valence-electron chi connectivity index (χ4n) is 3.08. The second-order valence-corrected chi connectivity index (χ2v) is 5.80. The van der Waals surface area contributed by atoms with Crippen LogP contribution in [0.15, 0.2) is 30.3 Å². The topological polar surface area (TPSA) is 46.3 Å². The van der Waals surface area contributed by atoms with Crippen LogP contribution in [0.5, 0.6) is 0 Å². The summed E-state index contributed by atoms with van der Waals surface area (Å²) in [6, 6.07) is 9.16. The molecule has 0 spiro atoms. The van der Waals surface area contributed by atoms with Gasteiger partial charge in [0.05, 0.1) is 0 Å². The van der Waals surface area contributed by atoms with E-state index in [0.717, 1.165) is 37.4 Å². The number of hydrogen-bond acceptors (Lipinski definition) is 2. The number of rotatable bonds is 4. The van der Waals surface area contributed by atoms with Crippen LogP contribution in [0.25, 0.3) is 0 Å². The minimum atomic E-state index is -0.515. The van der Waals surface area contributed by atoms with E-state index in [1.54, 1.807) is 0 Å². The van der Waals surface area contributed by atoms with E-state index in [2.05, 4.69) is 6.92 Å². The lowest BCUT2D eigenvalue weighted by atomic mass is 9.96. The lowest BCUT2D eigenvalue weighted by molar-refractivity contribution is -0.132. The van der Waals surface area contributed by atoms with E-state index in [4.69, 9.17) is 5.73 Å². The second-order valence-electron chi connectivity index (χ2n) is 5.80. The molecule has 1 saturated heterocycles. The van der Waals surface area contributed by atoms with Gasteiger partial charge >= 0.3 is 0 Å². The fourth-order valence-corrected chi connectivity index (χ4v) is 3.08. The van der Waals surface area contributed by atoms with Crippen molar-refractivity contribution in [3.8, 4) is 0 Å². The van der Waals surface area contributed by atoms with Crippen molar-refractivity contribution >= 4 is 5.91 Å². The zero-order chi connectivity index (χ0) is 14.4. The van der Waals surface area contributed by atoms with Gasteiger partial charge in [0.2, 0.25) is 5.91 Å². The highest BCUT2D eigenvalue weighted by atomic mass is 16.2. The van der Waals surface area contributed by atoms with Crippen molar-refractivity contribution in [1.29, 1.82) is 0 Å². The Hall–Kier alpha value is -1.35. The Balaban J connectivity index is 1.95. The summed E-state index contributed by atoms with van der Waals surface area (Å²) in [5.41, 5.74) is 7.03. The molecule has 1 aromatic rings. The summed E-state index contributed by atoms with van der Waals surface area (Å²) in [5.74, 6) is 0.860. The molecule has 1 aliphatic rings. The third-order valence-electron chi connectivity index (χ3n) is 4.28. The predicted octanol–water partition coefficient (Wildman–Crippen LogP) is 3.12. The van der Waals surface area contributed by atoms with Crippen molar-refractivity contribution < 1.29 is 4.79 Å². The number of amides is 1. The van der Waals surface area contributed by atoms with Crippen LogP contribution in [0, 0.1) is 5.92 Å². The lowest BCUT2D eigenvalue weighted by Gasteiger charge is -2.24. The average Bonchev–Trinajstić information content (AvgIpc) is 2.73. The number of carbonyl (C=O) groups is 1. The first-order chi connectivity index (χ1) is 9.72. The van der Waals surface area contributed by atoms with Gasteiger partial charge in [-0.25, -0.2) is 0 Å². The largest absolute Gasteiger partial charge is 0.341 e. The third kappa shape index (κ3) is 3.83. The number of carbonyl (C=O) groups excluding carboxylic acids is 1. The number of nitrogens with two attached hydrogens (primary N) is 1. The highest BCUT2D eigenvalue weighted by Crippen LogP contribution is 2.23. The molecule has 3 nitrogen and oxygen atoms in total. The zero-order valence-corrected chi connectivity index (χ0v) is 12.4. The van der Waals surface area contributed by atoms with Crippen molar-refractivity contribution in [3.63, 3.8) is 0 Å². The fraction of sp³-hybridized carbons (Fsp3) is 0.588. The molecule has 20 heavy (non-hydrogen) atoms. The SMILES string of the molecule is CCCC1CCCN(C(=O)[C@@H](N)c2ccccc2)CC1. The van der Waals surface area contributed by atoms with Crippen molar-refractivity contribution in [3.05, 3.63) is 35.9 Å². The maximum absolute atomic E-state index is 12.5. The van der Waals surface area contributed by atoms with Gasteiger partial charge in [-0.3, -0.25) is 4.79 Å². The molecule has 1 aromatic carbocycles. The van der Waals surface area contributed by atoms with Gasteiger partial charge in [-0.1, -0.05) is 50.1 Å². The molecular formula is C17H26N2O. The first kappa shape index (κ1) is 15.0. The number of hydrogen-bond donors (Lipinski definition) is 1. The van der Waals surface area contributed by atoms with Crippen molar-refractivity contribution in [1.82, 2.24) is 4.90 Å². The molecule has 1 aliphatic heterocycles. The molecule has 0 aromatic heterocycles. The summed E-state index contributed by atoms with van der Waals surface area (Å²) in [7, 11) is 0.